The van der Waals surface area contributed by atoms with Crippen LogP contribution in [0.3, 0.4) is 0 Å². The molecule has 0 aromatic heterocycles. The molecule has 0 bridgehead atoms. The first-order valence-corrected chi connectivity index (χ1v) is 19.0. The van der Waals surface area contributed by atoms with Gasteiger partial charge in [0, 0.05) is 23.8 Å². The summed E-state index contributed by atoms with van der Waals surface area (Å²) >= 11 is 0. The fraction of sp³-hybridized carbons (Fsp3) is 0.892. The summed E-state index contributed by atoms with van der Waals surface area (Å²) in [5.41, 5.74) is -0.741. The Hall–Kier alpha value is -1.76. The number of esters is 2. The second-order valence-corrected chi connectivity index (χ2v) is 16.8. The number of cyclic esters (lactones) is 1. The van der Waals surface area contributed by atoms with Crippen LogP contribution in [0.1, 0.15) is 78.6 Å². The number of rotatable bonds is 8. The minimum absolute atomic E-state index is 0.000671. The van der Waals surface area contributed by atoms with E-state index in [9.17, 15) is 45.3 Å². The van der Waals surface area contributed by atoms with Crippen molar-refractivity contribution in [3.8, 4) is 0 Å². The highest BCUT2D eigenvalue weighted by Gasteiger charge is 2.69. The van der Waals surface area contributed by atoms with Gasteiger partial charge in [0.25, 0.3) is 0 Å². The van der Waals surface area contributed by atoms with Crippen molar-refractivity contribution in [1.29, 1.82) is 0 Å². The lowest BCUT2D eigenvalue weighted by Crippen LogP contribution is -2.65. The Kier molecular flexibility index (Phi) is 10.7. The normalized spacial score (nSPS) is 51.8. The van der Waals surface area contributed by atoms with Gasteiger partial charge in [-0.2, -0.15) is 0 Å². The van der Waals surface area contributed by atoms with Crippen molar-refractivity contribution in [3.63, 3.8) is 0 Å². The van der Waals surface area contributed by atoms with Gasteiger partial charge < -0.3 is 64.2 Å². The van der Waals surface area contributed by atoms with E-state index in [-0.39, 0.29) is 60.3 Å². The van der Waals surface area contributed by atoms with Crippen LogP contribution < -0.4 is 0 Å². The molecule has 294 valence electrons. The molecule has 0 aromatic rings. The molecular weight excluding hydrogens is 684 g/mol. The first-order chi connectivity index (χ1) is 24.6. The molecule has 7 N–H and O–H groups in total. The molecule has 7 rings (SSSR count). The van der Waals surface area contributed by atoms with Crippen molar-refractivity contribution >= 4 is 11.9 Å². The summed E-state index contributed by atoms with van der Waals surface area (Å²) < 4.78 is 34.7. The predicted molar refractivity (Wildman–Crippen MR) is 177 cm³/mol. The van der Waals surface area contributed by atoms with E-state index >= 15 is 0 Å². The zero-order chi connectivity index (χ0) is 37.3. The van der Waals surface area contributed by atoms with E-state index in [1.807, 2.05) is 0 Å². The highest BCUT2D eigenvalue weighted by atomic mass is 16.7. The topological polar surface area (TPSA) is 231 Å². The van der Waals surface area contributed by atoms with E-state index in [1.54, 1.807) is 13.0 Å². The van der Waals surface area contributed by atoms with Crippen LogP contribution in [0.2, 0.25) is 0 Å². The SMILES string of the molecule is CC(=O)OC[C@]12CC[C@H](O[C@@H]3O[C@H](C)[C@@H](O[C@@H]4O[C@H](CO)[C@@H](O)[C@H](O)[C@H]4O)[C@@H](O)[C@H]3O)C[C@@H]1CC[C@@H]1[C@@H]2CC[C@]2(C)[C@@H](C3=CC(=O)OC3)CC[C@]12O. The largest absolute Gasteiger partial charge is 0.465 e. The zero-order valence-corrected chi connectivity index (χ0v) is 30.1. The molecule has 0 aromatic carbocycles. The van der Waals surface area contributed by atoms with Gasteiger partial charge in [0.1, 0.15) is 49.3 Å². The highest BCUT2D eigenvalue weighted by molar-refractivity contribution is 5.85. The van der Waals surface area contributed by atoms with Crippen LogP contribution in [-0.4, -0.2) is 141 Å². The second kappa shape index (κ2) is 14.4. The Morgan fingerprint density at radius 1 is 0.885 bits per heavy atom. The van der Waals surface area contributed by atoms with E-state index < -0.39 is 79.0 Å². The molecule has 2 saturated heterocycles. The maximum Gasteiger partial charge on any atom is 0.331 e. The van der Waals surface area contributed by atoms with Crippen molar-refractivity contribution in [2.75, 3.05) is 19.8 Å². The Labute approximate surface area is 303 Å². The molecule has 0 spiro atoms. The van der Waals surface area contributed by atoms with Crippen molar-refractivity contribution in [3.05, 3.63) is 11.6 Å². The van der Waals surface area contributed by atoms with Gasteiger partial charge in [-0.25, -0.2) is 4.79 Å². The van der Waals surface area contributed by atoms with Gasteiger partial charge in [-0.1, -0.05) is 6.92 Å². The molecule has 3 heterocycles. The van der Waals surface area contributed by atoms with E-state index in [4.69, 9.17) is 28.4 Å². The van der Waals surface area contributed by atoms with Crippen molar-refractivity contribution < 1.29 is 73.8 Å². The fourth-order valence-electron chi connectivity index (χ4n) is 11.6. The summed E-state index contributed by atoms with van der Waals surface area (Å²) in [6.07, 6.45) is -6.21. The molecule has 0 radical (unpaired) electrons. The van der Waals surface area contributed by atoms with Crippen molar-refractivity contribution in [1.82, 2.24) is 0 Å². The van der Waals surface area contributed by atoms with Crippen LogP contribution in [0.4, 0.5) is 0 Å². The van der Waals surface area contributed by atoms with Gasteiger partial charge >= 0.3 is 11.9 Å². The molecule has 0 unspecified atom stereocenters. The fourth-order valence-corrected chi connectivity index (χ4v) is 11.6. The molecule has 3 aliphatic heterocycles. The van der Waals surface area contributed by atoms with Crippen molar-refractivity contribution in [2.45, 2.75) is 152 Å². The molecule has 0 amide bonds. The summed E-state index contributed by atoms with van der Waals surface area (Å²) in [6.45, 7) is 5.08. The number of aliphatic hydroxyl groups excluding tert-OH is 6. The number of aliphatic hydroxyl groups is 7. The van der Waals surface area contributed by atoms with Gasteiger partial charge in [-0.15, -0.1) is 0 Å². The van der Waals surface area contributed by atoms with E-state index in [1.165, 1.54) is 6.92 Å². The molecule has 15 heteroatoms. The summed E-state index contributed by atoms with van der Waals surface area (Å²) in [6, 6.07) is 0. The lowest BCUT2D eigenvalue weighted by atomic mass is 9.43. The summed E-state index contributed by atoms with van der Waals surface area (Å²) in [4.78, 5) is 24.2. The van der Waals surface area contributed by atoms with Crippen LogP contribution >= 0.6 is 0 Å². The molecule has 52 heavy (non-hydrogen) atoms. The lowest BCUT2D eigenvalue weighted by molar-refractivity contribution is -0.360. The maximum absolute atomic E-state index is 12.7. The first-order valence-electron chi connectivity index (χ1n) is 19.0. The third-order valence-corrected chi connectivity index (χ3v) is 14.4. The minimum Gasteiger partial charge on any atom is -0.465 e. The highest BCUT2D eigenvalue weighted by Crippen LogP contribution is 2.70. The average Bonchev–Trinajstić information content (AvgIpc) is 3.66. The van der Waals surface area contributed by atoms with Gasteiger partial charge in [0.2, 0.25) is 0 Å². The van der Waals surface area contributed by atoms with Gasteiger partial charge in [-0.3, -0.25) is 4.79 Å². The third-order valence-electron chi connectivity index (χ3n) is 14.4. The van der Waals surface area contributed by atoms with Crippen LogP contribution in [-0.2, 0) is 38.0 Å². The Morgan fingerprint density at radius 3 is 2.31 bits per heavy atom. The van der Waals surface area contributed by atoms with E-state index in [2.05, 4.69) is 6.92 Å². The summed E-state index contributed by atoms with van der Waals surface area (Å²) in [7, 11) is 0. The van der Waals surface area contributed by atoms with E-state index in [0.29, 0.717) is 25.7 Å². The summed E-state index contributed by atoms with van der Waals surface area (Å²) in [5.74, 6) is -0.395. The molecule has 6 fully saturated rings. The molecule has 15 nitrogen and oxygen atoms in total. The van der Waals surface area contributed by atoms with Crippen LogP contribution in [0.25, 0.3) is 0 Å². The number of hydrogen-bond donors (Lipinski definition) is 7. The number of fused-ring (bicyclic) bond motifs is 5. The van der Waals surface area contributed by atoms with Gasteiger partial charge in [0.15, 0.2) is 12.6 Å². The Bertz CT molecular complexity index is 1370. The van der Waals surface area contributed by atoms with Crippen LogP contribution in [0, 0.1) is 34.5 Å². The minimum atomic E-state index is -1.69. The van der Waals surface area contributed by atoms with Crippen LogP contribution in [0.5, 0.6) is 0 Å². The standard InChI is InChI=1S/C37H56O15/c1-17-32(52-34-30(44)28(42)27(41)25(14-38)51-34)29(43)31(45)33(49-17)50-21-6-10-36(16-48-18(2)39)20(13-21)4-5-24-23(36)7-9-35(3)22(8-11-37(24,35)46)19-12-26(40)47-15-19/h12,17,20-25,27-34,38,41-46H,4-11,13-16H2,1-3H3/t17-,20+,21+,22-,23+,24-,25-,27-,28+,29+,30-,31-,32-,33+,34+,35-,36-,37+/m1/s1. The summed E-state index contributed by atoms with van der Waals surface area (Å²) in [5, 5.41) is 75.2. The maximum atomic E-state index is 12.7. The monoisotopic (exact) mass is 740 g/mol. The van der Waals surface area contributed by atoms with Gasteiger partial charge in [-0.05, 0) is 94.0 Å². The van der Waals surface area contributed by atoms with Crippen molar-refractivity contribution in [2.24, 2.45) is 34.5 Å². The third kappa shape index (κ3) is 6.25. The predicted octanol–water partition coefficient (Wildman–Crippen LogP) is -0.176. The number of carbonyl (C=O) groups is 2. The average molecular weight is 741 g/mol. The lowest BCUT2D eigenvalue weighted by Gasteiger charge is -2.64. The first kappa shape index (κ1) is 38.5. The zero-order valence-electron chi connectivity index (χ0n) is 30.1. The van der Waals surface area contributed by atoms with E-state index in [0.717, 1.165) is 37.7 Å². The molecule has 18 atom stereocenters. The quantitative estimate of drug-likeness (QED) is 0.127. The smallest absolute Gasteiger partial charge is 0.331 e. The second-order valence-electron chi connectivity index (χ2n) is 16.8. The number of carbonyl (C=O) groups excluding carboxylic acids is 2. The number of hydrogen-bond acceptors (Lipinski definition) is 15. The van der Waals surface area contributed by atoms with Crippen LogP contribution in [0.15, 0.2) is 11.6 Å². The molecule has 4 saturated carbocycles. The molecular formula is C37H56O15. The Balaban J connectivity index is 1.03. The number of ether oxygens (including phenoxy) is 6. The molecule has 4 aliphatic carbocycles. The Morgan fingerprint density at radius 2 is 1.62 bits per heavy atom. The molecule has 7 aliphatic rings. The van der Waals surface area contributed by atoms with Gasteiger partial charge in [0.05, 0.1) is 31.0 Å².